The molecule has 0 aromatic carbocycles. The van der Waals surface area contributed by atoms with E-state index in [4.69, 9.17) is 0 Å². The van der Waals surface area contributed by atoms with Crippen LogP contribution in [0.3, 0.4) is 0 Å². The van der Waals surface area contributed by atoms with Gasteiger partial charge in [-0.1, -0.05) is 26.7 Å². The van der Waals surface area contributed by atoms with E-state index in [1.165, 1.54) is 25.7 Å². The molecule has 0 spiro atoms. The third-order valence-corrected chi connectivity index (χ3v) is 4.05. The highest BCUT2D eigenvalue weighted by molar-refractivity contribution is 4.94. The Morgan fingerprint density at radius 2 is 1.20 bits per heavy atom. The Kier molecular flexibility index (Phi) is 1.51. The molecule has 0 bridgehead atoms. The molecule has 58 valence electrons. The van der Waals surface area contributed by atoms with Crippen LogP contribution >= 0.6 is 0 Å². The lowest BCUT2D eigenvalue weighted by Crippen LogP contribution is -2.45. The van der Waals surface area contributed by atoms with Crippen LogP contribution in [0.5, 0.6) is 0 Å². The molecule has 0 heterocycles. The fourth-order valence-corrected chi connectivity index (χ4v) is 3.13. The molecule has 10 heavy (non-hydrogen) atoms. The molecule has 0 aromatic rings. The first-order valence-corrected chi connectivity index (χ1v) is 4.80. The fourth-order valence-electron chi connectivity index (χ4n) is 3.13. The minimum Gasteiger partial charge on any atom is -0.0620 e. The van der Waals surface area contributed by atoms with Crippen LogP contribution in [0.4, 0.5) is 0 Å². The van der Waals surface area contributed by atoms with E-state index in [2.05, 4.69) is 13.8 Å². The van der Waals surface area contributed by atoms with E-state index in [9.17, 15) is 0 Å². The zero-order valence-electron chi connectivity index (χ0n) is 7.14. The molecule has 0 N–H and O–H groups in total. The van der Waals surface area contributed by atoms with Gasteiger partial charge in [-0.15, -0.1) is 0 Å². The van der Waals surface area contributed by atoms with Crippen LogP contribution in [0.15, 0.2) is 0 Å². The summed E-state index contributed by atoms with van der Waals surface area (Å²) in [6.45, 7) is 4.88. The first-order valence-electron chi connectivity index (χ1n) is 4.80. The first-order chi connectivity index (χ1) is 4.80. The van der Waals surface area contributed by atoms with Crippen molar-refractivity contribution in [3.05, 3.63) is 0 Å². The lowest BCUT2D eigenvalue weighted by molar-refractivity contribution is -0.0305. The summed E-state index contributed by atoms with van der Waals surface area (Å²) in [5.74, 6) is 4.35. The monoisotopic (exact) mass is 138 g/mol. The predicted octanol–water partition coefficient (Wildman–Crippen LogP) is 3.08. The van der Waals surface area contributed by atoms with Gasteiger partial charge in [0.05, 0.1) is 0 Å². The van der Waals surface area contributed by atoms with Gasteiger partial charge in [-0.2, -0.15) is 0 Å². The Hall–Kier alpha value is 0. The minimum atomic E-state index is 1.05. The summed E-state index contributed by atoms with van der Waals surface area (Å²) < 4.78 is 0. The topological polar surface area (TPSA) is 0 Å². The quantitative estimate of drug-likeness (QED) is 0.482. The fraction of sp³-hybridized carbons (Fsp3) is 1.00. The van der Waals surface area contributed by atoms with Crippen molar-refractivity contribution >= 4 is 0 Å². The molecular formula is C10H18. The van der Waals surface area contributed by atoms with Crippen LogP contribution in [-0.4, -0.2) is 0 Å². The molecule has 4 atom stereocenters. The van der Waals surface area contributed by atoms with Crippen molar-refractivity contribution in [2.75, 3.05) is 0 Å². The van der Waals surface area contributed by atoms with Gasteiger partial charge < -0.3 is 0 Å². The molecular weight excluding hydrogens is 120 g/mol. The van der Waals surface area contributed by atoms with Crippen molar-refractivity contribution in [2.45, 2.75) is 39.5 Å². The van der Waals surface area contributed by atoms with Gasteiger partial charge in [-0.05, 0) is 36.5 Å². The van der Waals surface area contributed by atoms with Gasteiger partial charge in [-0.3, -0.25) is 0 Å². The van der Waals surface area contributed by atoms with E-state index < -0.39 is 0 Å². The summed E-state index contributed by atoms with van der Waals surface area (Å²) in [5, 5.41) is 0. The maximum atomic E-state index is 2.44. The highest BCUT2D eigenvalue weighted by Crippen LogP contribution is 2.52. The Labute approximate surface area is 64.0 Å². The molecule has 0 saturated heterocycles. The molecule has 0 heteroatoms. The average Bonchev–Trinajstić information content (AvgIpc) is 2.03. The molecule has 2 saturated carbocycles. The zero-order valence-corrected chi connectivity index (χ0v) is 7.14. The number of rotatable bonds is 0. The molecule has 2 rings (SSSR count). The maximum Gasteiger partial charge on any atom is -0.0355 e. The van der Waals surface area contributed by atoms with Crippen molar-refractivity contribution in [3.8, 4) is 0 Å². The Bertz CT molecular complexity index is 112. The number of hydrogen-bond acceptors (Lipinski definition) is 0. The lowest BCUT2D eigenvalue weighted by atomic mass is 9.53. The Morgan fingerprint density at radius 1 is 0.800 bits per heavy atom. The molecule has 2 aliphatic carbocycles. The van der Waals surface area contributed by atoms with E-state index in [0.29, 0.717) is 0 Å². The third kappa shape index (κ3) is 0.741. The SMILES string of the molecule is CC1C(C)[C@H]2CCCCC12. The zero-order chi connectivity index (χ0) is 7.14. The Balaban J connectivity index is 2.00. The van der Waals surface area contributed by atoms with Crippen LogP contribution in [-0.2, 0) is 0 Å². The van der Waals surface area contributed by atoms with Crippen molar-refractivity contribution in [1.82, 2.24) is 0 Å². The van der Waals surface area contributed by atoms with Crippen LogP contribution in [0.25, 0.3) is 0 Å². The molecule has 0 amide bonds. The first kappa shape index (κ1) is 6.69. The van der Waals surface area contributed by atoms with Gasteiger partial charge >= 0.3 is 0 Å². The molecule has 0 nitrogen and oxygen atoms in total. The molecule has 3 unspecified atom stereocenters. The van der Waals surface area contributed by atoms with Crippen LogP contribution in [0, 0.1) is 23.7 Å². The van der Waals surface area contributed by atoms with Crippen molar-refractivity contribution in [1.29, 1.82) is 0 Å². The van der Waals surface area contributed by atoms with E-state index in [-0.39, 0.29) is 0 Å². The smallest absolute Gasteiger partial charge is 0.0355 e. The average molecular weight is 138 g/mol. The molecule has 0 radical (unpaired) electrons. The summed E-state index contributed by atoms with van der Waals surface area (Å²) in [5.41, 5.74) is 0. The molecule has 0 aliphatic heterocycles. The molecule has 2 fully saturated rings. The number of hydrogen-bond donors (Lipinski definition) is 0. The summed E-state index contributed by atoms with van der Waals surface area (Å²) in [6, 6.07) is 0. The highest BCUT2D eigenvalue weighted by atomic mass is 14.5. The van der Waals surface area contributed by atoms with Crippen LogP contribution in [0.2, 0.25) is 0 Å². The Morgan fingerprint density at radius 3 is 1.60 bits per heavy atom. The van der Waals surface area contributed by atoms with E-state index in [1.807, 2.05) is 0 Å². The van der Waals surface area contributed by atoms with Crippen LogP contribution < -0.4 is 0 Å². The molecule has 2 aliphatic rings. The van der Waals surface area contributed by atoms with Gasteiger partial charge in [0.25, 0.3) is 0 Å². The maximum absolute atomic E-state index is 2.44. The largest absolute Gasteiger partial charge is 0.0620 e. The summed E-state index contributed by atoms with van der Waals surface area (Å²) in [7, 11) is 0. The summed E-state index contributed by atoms with van der Waals surface area (Å²) >= 11 is 0. The summed E-state index contributed by atoms with van der Waals surface area (Å²) in [6.07, 6.45) is 6.10. The predicted molar refractivity (Wildman–Crippen MR) is 43.8 cm³/mol. The van der Waals surface area contributed by atoms with Crippen molar-refractivity contribution < 1.29 is 0 Å². The normalized spacial score (nSPS) is 53.4. The lowest BCUT2D eigenvalue weighted by Gasteiger charge is -2.52. The van der Waals surface area contributed by atoms with Gasteiger partial charge in [0.2, 0.25) is 0 Å². The highest BCUT2D eigenvalue weighted by Gasteiger charge is 2.45. The van der Waals surface area contributed by atoms with E-state index >= 15 is 0 Å². The third-order valence-electron chi connectivity index (χ3n) is 4.05. The second-order valence-electron chi connectivity index (χ2n) is 4.33. The standard InChI is InChI=1S/C10H18/c1-7-8(2)10-6-4-3-5-9(7)10/h7-10H,3-6H2,1-2H3/t7?,8?,9-,10?/m1/s1. The van der Waals surface area contributed by atoms with Gasteiger partial charge in [0, 0.05) is 0 Å². The van der Waals surface area contributed by atoms with Crippen molar-refractivity contribution in [2.24, 2.45) is 23.7 Å². The van der Waals surface area contributed by atoms with E-state index in [1.54, 1.807) is 0 Å². The second kappa shape index (κ2) is 2.25. The number of fused-ring (bicyclic) bond motifs is 1. The van der Waals surface area contributed by atoms with Gasteiger partial charge in [0.15, 0.2) is 0 Å². The van der Waals surface area contributed by atoms with Gasteiger partial charge in [-0.25, -0.2) is 0 Å². The van der Waals surface area contributed by atoms with Crippen LogP contribution in [0.1, 0.15) is 39.5 Å². The van der Waals surface area contributed by atoms with Crippen molar-refractivity contribution in [3.63, 3.8) is 0 Å². The second-order valence-corrected chi connectivity index (χ2v) is 4.33. The van der Waals surface area contributed by atoms with E-state index in [0.717, 1.165) is 23.7 Å². The minimum absolute atomic E-state index is 1.05. The summed E-state index contributed by atoms with van der Waals surface area (Å²) in [4.78, 5) is 0. The van der Waals surface area contributed by atoms with Gasteiger partial charge in [0.1, 0.15) is 0 Å². The molecule has 0 aromatic heterocycles.